The van der Waals surface area contributed by atoms with Crippen molar-refractivity contribution in [2.24, 2.45) is 5.92 Å². The summed E-state index contributed by atoms with van der Waals surface area (Å²) in [5, 5.41) is 12.8. The van der Waals surface area contributed by atoms with Crippen molar-refractivity contribution < 1.29 is 14.6 Å². The Morgan fingerprint density at radius 3 is 2.47 bits per heavy atom. The number of rotatable bonds is 6. The number of carbonyl (C=O) groups is 1. The molecular formula is C15H23NO3. The number of benzene rings is 1. The van der Waals surface area contributed by atoms with E-state index in [4.69, 9.17) is 4.74 Å². The van der Waals surface area contributed by atoms with E-state index in [2.05, 4.69) is 19.2 Å². The third kappa shape index (κ3) is 3.88. The van der Waals surface area contributed by atoms with Crippen LogP contribution in [0.5, 0.6) is 11.5 Å². The van der Waals surface area contributed by atoms with Gasteiger partial charge >= 0.3 is 0 Å². The van der Waals surface area contributed by atoms with Crippen LogP contribution in [0.4, 0.5) is 0 Å². The highest BCUT2D eigenvalue weighted by Gasteiger charge is 2.18. The number of phenols is 1. The molecule has 1 unspecified atom stereocenters. The number of carbonyl (C=O) groups excluding carboxylic acids is 1. The lowest BCUT2D eigenvalue weighted by molar-refractivity contribution is 0.0922. The van der Waals surface area contributed by atoms with E-state index in [9.17, 15) is 9.90 Å². The summed E-state index contributed by atoms with van der Waals surface area (Å²) in [6.45, 7) is 6.22. The molecule has 2 N–H and O–H groups in total. The van der Waals surface area contributed by atoms with E-state index in [1.54, 1.807) is 12.1 Å². The molecule has 0 aliphatic heterocycles. The maximum Gasteiger partial charge on any atom is 0.255 e. The standard InChI is InChI=1S/C15H23NO3/c1-5-11(6-2)10(3)16-15(18)13-8-7-12(19-4)9-14(13)17/h7-11,17H,5-6H2,1-4H3,(H,16,18). The Morgan fingerprint density at radius 1 is 1.37 bits per heavy atom. The van der Waals surface area contributed by atoms with Crippen LogP contribution in [-0.2, 0) is 0 Å². The maximum absolute atomic E-state index is 12.1. The maximum atomic E-state index is 12.1. The van der Waals surface area contributed by atoms with Gasteiger partial charge in [0.1, 0.15) is 11.5 Å². The van der Waals surface area contributed by atoms with Crippen LogP contribution in [-0.4, -0.2) is 24.2 Å². The summed E-state index contributed by atoms with van der Waals surface area (Å²) < 4.78 is 4.99. The average Bonchev–Trinajstić information content (AvgIpc) is 2.39. The highest BCUT2D eigenvalue weighted by Crippen LogP contribution is 2.23. The molecule has 0 spiro atoms. The van der Waals surface area contributed by atoms with E-state index in [0.29, 0.717) is 11.7 Å². The molecule has 0 aromatic heterocycles. The number of hydrogen-bond donors (Lipinski definition) is 2. The zero-order chi connectivity index (χ0) is 14.4. The lowest BCUT2D eigenvalue weighted by atomic mass is 9.95. The summed E-state index contributed by atoms with van der Waals surface area (Å²) in [4.78, 5) is 12.1. The molecule has 0 saturated heterocycles. The van der Waals surface area contributed by atoms with Gasteiger partial charge in [0, 0.05) is 12.1 Å². The van der Waals surface area contributed by atoms with Crippen LogP contribution in [0.2, 0.25) is 0 Å². The van der Waals surface area contributed by atoms with Gasteiger partial charge < -0.3 is 15.2 Å². The van der Waals surface area contributed by atoms with Gasteiger partial charge in [0.2, 0.25) is 0 Å². The first-order chi connectivity index (χ1) is 9.03. The largest absolute Gasteiger partial charge is 0.507 e. The van der Waals surface area contributed by atoms with Crippen LogP contribution in [0.3, 0.4) is 0 Å². The monoisotopic (exact) mass is 265 g/mol. The van der Waals surface area contributed by atoms with Crippen molar-refractivity contribution in [1.82, 2.24) is 5.32 Å². The number of ether oxygens (including phenoxy) is 1. The second-order valence-corrected chi connectivity index (χ2v) is 4.72. The predicted molar refractivity (Wildman–Crippen MR) is 75.7 cm³/mol. The number of phenolic OH excluding ortho intramolecular Hbond substituents is 1. The summed E-state index contributed by atoms with van der Waals surface area (Å²) in [7, 11) is 1.52. The molecule has 0 bridgehead atoms. The fraction of sp³-hybridized carbons (Fsp3) is 0.533. The molecule has 4 nitrogen and oxygen atoms in total. The highest BCUT2D eigenvalue weighted by molar-refractivity contribution is 5.97. The lowest BCUT2D eigenvalue weighted by Crippen LogP contribution is -2.37. The third-order valence-corrected chi connectivity index (χ3v) is 3.56. The molecule has 106 valence electrons. The van der Waals surface area contributed by atoms with Gasteiger partial charge in [0.15, 0.2) is 0 Å². The van der Waals surface area contributed by atoms with Gasteiger partial charge in [-0.2, -0.15) is 0 Å². The van der Waals surface area contributed by atoms with E-state index in [1.807, 2.05) is 6.92 Å². The summed E-state index contributed by atoms with van der Waals surface area (Å²) in [5.41, 5.74) is 0.276. The topological polar surface area (TPSA) is 58.6 Å². The van der Waals surface area contributed by atoms with E-state index in [1.165, 1.54) is 13.2 Å². The van der Waals surface area contributed by atoms with Crippen molar-refractivity contribution in [3.05, 3.63) is 23.8 Å². The molecule has 0 fully saturated rings. The number of nitrogens with one attached hydrogen (secondary N) is 1. The number of methoxy groups -OCH3 is 1. The van der Waals surface area contributed by atoms with Crippen molar-refractivity contribution in [2.75, 3.05) is 7.11 Å². The van der Waals surface area contributed by atoms with Crippen LogP contribution >= 0.6 is 0 Å². The van der Waals surface area contributed by atoms with E-state index < -0.39 is 0 Å². The molecule has 1 rings (SSSR count). The summed E-state index contributed by atoms with van der Waals surface area (Å²) in [5.74, 6) is 0.666. The summed E-state index contributed by atoms with van der Waals surface area (Å²) >= 11 is 0. The Balaban J connectivity index is 2.78. The zero-order valence-electron chi connectivity index (χ0n) is 12.1. The molecule has 0 aliphatic carbocycles. The Bertz CT molecular complexity index is 427. The zero-order valence-corrected chi connectivity index (χ0v) is 12.1. The molecule has 1 atom stereocenters. The van der Waals surface area contributed by atoms with Gasteiger partial charge in [-0.1, -0.05) is 26.7 Å². The second kappa shape index (κ2) is 7.02. The fourth-order valence-electron chi connectivity index (χ4n) is 2.23. The van der Waals surface area contributed by atoms with Crippen LogP contribution in [0, 0.1) is 5.92 Å². The predicted octanol–water partition coefficient (Wildman–Crippen LogP) is 2.96. The van der Waals surface area contributed by atoms with Crippen LogP contribution in [0.15, 0.2) is 18.2 Å². The smallest absolute Gasteiger partial charge is 0.255 e. The Kier molecular flexibility index (Phi) is 5.67. The Hall–Kier alpha value is -1.71. The molecule has 0 aliphatic rings. The molecule has 0 heterocycles. The summed E-state index contributed by atoms with van der Waals surface area (Å²) in [6.07, 6.45) is 2.04. The average molecular weight is 265 g/mol. The van der Waals surface area contributed by atoms with Gasteiger partial charge in [-0.15, -0.1) is 0 Å². The molecule has 19 heavy (non-hydrogen) atoms. The molecule has 0 saturated carbocycles. The quantitative estimate of drug-likeness (QED) is 0.831. The molecule has 1 aromatic rings. The van der Waals surface area contributed by atoms with E-state index in [0.717, 1.165) is 12.8 Å². The molecule has 0 radical (unpaired) electrons. The number of amides is 1. The minimum Gasteiger partial charge on any atom is -0.507 e. The van der Waals surface area contributed by atoms with Gasteiger partial charge in [0.25, 0.3) is 5.91 Å². The van der Waals surface area contributed by atoms with Crippen molar-refractivity contribution in [2.45, 2.75) is 39.7 Å². The van der Waals surface area contributed by atoms with E-state index in [-0.39, 0.29) is 23.3 Å². The molecule has 1 aromatic carbocycles. The minimum atomic E-state index is -0.250. The molecular weight excluding hydrogens is 242 g/mol. The summed E-state index contributed by atoms with van der Waals surface area (Å²) in [6, 6.07) is 4.76. The van der Waals surface area contributed by atoms with Crippen LogP contribution in [0.1, 0.15) is 44.0 Å². The Morgan fingerprint density at radius 2 is 2.00 bits per heavy atom. The van der Waals surface area contributed by atoms with Crippen LogP contribution < -0.4 is 10.1 Å². The van der Waals surface area contributed by atoms with Crippen molar-refractivity contribution in [3.8, 4) is 11.5 Å². The van der Waals surface area contributed by atoms with Gasteiger partial charge in [0.05, 0.1) is 12.7 Å². The minimum absolute atomic E-state index is 0.0615. The van der Waals surface area contributed by atoms with Gasteiger partial charge in [-0.25, -0.2) is 0 Å². The van der Waals surface area contributed by atoms with Crippen LogP contribution in [0.25, 0.3) is 0 Å². The molecule has 1 amide bonds. The van der Waals surface area contributed by atoms with Gasteiger partial charge in [-0.05, 0) is 25.0 Å². The van der Waals surface area contributed by atoms with Crippen molar-refractivity contribution in [1.29, 1.82) is 0 Å². The van der Waals surface area contributed by atoms with Gasteiger partial charge in [-0.3, -0.25) is 4.79 Å². The van der Waals surface area contributed by atoms with Crippen molar-refractivity contribution >= 4 is 5.91 Å². The third-order valence-electron chi connectivity index (χ3n) is 3.56. The fourth-order valence-corrected chi connectivity index (χ4v) is 2.23. The second-order valence-electron chi connectivity index (χ2n) is 4.72. The van der Waals surface area contributed by atoms with E-state index >= 15 is 0 Å². The number of aromatic hydroxyl groups is 1. The lowest BCUT2D eigenvalue weighted by Gasteiger charge is -2.22. The Labute approximate surface area is 114 Å². The SMILES string of the molecule is CCC(CC)C(C)NC(=O)c1ccc(OC)cc1O. The highest BCUT2D eigenvalue weighted by atomic mass is 16.5. The molecule has 4 heteroatoms. The van der Waals surface area contributed by atoms with Crippen molar-refractivity contribution in [3.63, 3.8) is 0 Å². The normalized spacial score (nSPS) is 12.3. The first-order valence-electron chi connectivity index (χ1n) is 6.71. The first kappa shape index (κ1) is 15.3. The number of hydrogen-bond acceptors (Lipinski definition) is 3. The first-order valence-corrected chi connectivity index (χ1v) is 6.71.